The topological polar surface area (TPSA) is 72.7 Å². The number of hydrogen-bond donors (Lipinski definition) is 4. The van der Waals surface area contributed by atoms with Gasteiger partial charge in [0.25, 0.3) is 0 Å². The zero-order valence-electron chi connectivity index (χ0n) is 7.27. The van der Waals surface area contributed by atoms with Crippen LogP contribution in [-0.4, -0.2) is 39.8 Å². The molecule has 0 aromatic rings. The molecule has 1 aliphatic heterocycles. The zero-order chi connectivity index (χ0) is 9.14. The van der Waals surface area contributed by atoms with E-state index in [9.17, 15) is 10.2 Å². The van der Waals surface area contributed by atoms with Crippen LogP contribution in [0.5, 0.6) is 0 Å². The van der Waals surface area contributed by atoms with Crippen molar-refractivity contribution in [2.75, 3.05) is 0 Å². The van der Waals surface area contributed by atoms with Gasteiger partial charge in [0.2, 0.25) is 0 Å². The summed E-state index contributed by atoms with van der Waals surface area (Å²) in [6.07, 6.45) is 0.0112. The molecule has 1 aliphatic rings. The van der Waals surface area contributed by atoms with Gasteiger partial charge in [0.05, 0.1) is 6.10 Å². The maximum Gasteiger partial charge on any atom is 0.134 e. The molecule has 72 valence electrons. The molecule has 0 aromatic carbocycles. The van der Waals surface area contributed by atoms with Crippen molar-refractivity contribution in [3.63, 3.8) is 0 Å². The molecule has 0 aliphatic carbocycles. The SMILES string of the molecule is CCCC[C@@H]1N[C@@H](O)[C@H](O)[C@H]1O. The Hall–Kier alpha value is -0.160. The highest BCUT2D eigenvalue weighted by molar-refractivity contribution is 4.92. The second-order valence-corrected chi connectivity index (χ2v) is 3.34. The van der Waals surface area contributed by atoms with Gasteiger partial charge in [-0.05, 0) is 6.42 Å². The summed E-state index contributed by atoms with van der Waals surface area (Å²) in [5, 5.41) is 30.4. The Balaban J connectivity index is 2.36. The van der Waals surface area contributed by atoms with E-state index in [1.165, 1.54) is 0 Å². The molecule has 12 heavy (non-hydrogen) atoms. The first-order chi connectivity index (χ1) is 5.66. The molecule has 4 atom stereocenters. The third-order valence-corrected chi connectivity index (χ3v) is 2.34. The van der Waals surface area contributed by atoms with Gasteiger partial charge < -0.3 is 15.3 Å². The normalized spacial score (nSPS) is 42.0. The lowest BCUT2D eigenvalue weighted by Gasteiger charge is -2.14. The lowest BCUT2D eigenvalue weighted by atomic mass is 10.0. The maximum atomic E-state index is 9.38. The van der Waals surface area contributed by atoms with Crippen molar-refractivity contribution in [1.29, 1.82) is 0 Å². The predicted molar refractivity (Wildman–Crippen MR) is 44.5 cm³/mol. The molecule has 1 fully saturated rings. The van der Waals surface area contributed by atoms with Gasteiger partial charge in [-0.2, -0.15) is 0 Å². The van der Waals surface area contributed by atoms with Crippen LogP contribution in [0.15, 0.2) is 0 Å². The van der Waals surface area contributed by atoms with Crippen molar-refractivity contribution in [1.82, 2.24) is 5.32 Å². The van der Waals surface area contributed by atoms with Gasteiger partial charge in [-0.15, -0.1) is 0 Å². The second-order valence-electron chi connectivity index (χ2n) is 3.34. The van der Waals surface area contributed by atoms with E-state index >= 15 is 0 Å². The van der Waals surface area contributed by atoms with Crippen molar-refractivity contribution >= 4 is 0 Å². The molecule has 1 heterocycles. The highest BCUT2D eigenvalue weighted by atomic mass is 16.4. The number of nitrogens with one attached hydrogen (secondary N) is 1. The summed E-state index contributed by atoms with van der Waals surface area (Å²) >= 11 is 0. The Bertz CT molecular complexity index is 142. The maximum absolute atomic E-state index is 9.38. The van der Waals surface area contributed by atoms with Gasteiger partial charge in [0.1, 0.15) is 12.3 Å². The van der Waals surface area contributed by atoms with E-state index < -0.39 is 18.4 Å². The fraction of sp³-hybridized carbons (Fsp3) is 1.00. The number of aliphatic hydroxyl groups excluding tert-OH is 3. The van der Waals surface area contributed by atoms with Gasteiger partial charge in [-0.1, -0.05) is 19.8 Å². The van der Waals surface area contributed by atoms with Gasteiger partial charge in [-0.25, -0.2) is 0 Å². The molecular weight excluding hydrogens is 158 g/mol. The summed E-state index contributed by atoms with van der Waals surface area (Å²) in [5.41, 5.74) is 0. The van der Waals surface area contributed by atoms with Crippen molar-refractivity contribution in [3.05, 3.63) is 0 Å². The average molecular weight is 175 g/mol. The molecule has 0 bridgehead atoms. The smallest absolute Gasteiger partial charge is 0.134 e. The van der Waals surface area contributed by atoms with E-state index in [0.29, 0.717) is 0 Å². The van der Waals surface area contributed by atoms with Crippen LogP contribution < -0.4 is 5.32 Å². The minimum Gasteiger partial charge on any atom is -0.389 e. The molecule has 0 aromatic heterocycles. The first kappa shape index (κ1) is 9.92. The van der Waals surface area contributed by atoms with Crippen molar-refractivity contribution < 1.29 is 15.3 Å². The third kappa shape index (κ3) is 1.95. The monoisotopic (exact) mass is 175 g/mol. The first-order valence-corrected chi connectivity index (χ1v) is 4.47. The second kappa shape index (κ2) is 4.18. The predicted octanol–water partition coefficient (Wildman–Crippen LogP) is -0.811. The lowest BCUT2D eigenvalue weighted by Crippen LogP contribution is -2.32. The van der Waals surface area contributed by atoms with Crippen LogP contribution in [0.4, 0.5) is 0 Å². The Kier molecular flexibility index (Phi) is 3.46. The quantitative estimate of drug-likeness (QED) is 0.452. The molecule has 0 spiro atoms. The van der Waals surface area contributed by atoms with E-state index in [0.717, 1.165) is 19.3 Å². The third-order valence-electron chi connectivity index (χ3n) is 2.34. The Morgan fingerprint density at radius 3 is 2.25 bits per heavy atom. The lowest BCUT2D eigenvalue weighted by molar-refractivity contribution is -0.0241. The minimum absolute atomic E-state index is 0.157. The van der Waals surface area contributed by atoms with Gasteiger partial charge in [0, 0.05) is 6.04 Å². The average Bonchev–Trinajstić information content (AvgIpc) is 2.30. The number of unbranched alkanes of at least 4 members (excludes halogenated alkanes) is 1. The minimum atomic E-state index is -1.04. The van der Waals surface area contributed by atoms with Gasteiger partial charge >= 0.3 is 0 Å². The summed E-state index contributed by atoms with van der Waals surface area (Å²) in [6, 6.07) is -0.157. The van der Waals surface area contributed by atoms with Crippen LogP contribution in [0.25, 0.3) is 0 Å². The number of rotatable bonds is 3. The Morgan fingerprint density at radius 2 is 1.83 bits per heavy atom. The molecule has 4 heteroatoms. The summed E-state index contributed by atoms with van der Waals surface area (Å²) < 4.78 is 0. The summed E-state index contributed by atoms with van der Waals surface area (Å²) in [7, 11) is 0. The summed E-state index contributed by atoms with van der Waals surface area (Å²) in [4.78, 5) is 0. The highest BCUT2D eigenvalue weighted by Crippen LogP contribution is 2.17. The van der Waals surface area contributed by atoms with Crippen molar-refractivity contribution in [2.24, 2.45) is 0 Å². The largest absolute Gasteiger partial charge is 0.389 e. The molecule has 0 unspecified atom stereocenters. The molecule has 1 saturated heterocycles. The highest BCUT2D eigenvalue weighted by Gasteiger charge is 2.39. The van der Waals surface area contributed by atoms with Crippen LogP contribution >= 0.6 is 0 Å². The summed E-state index contributed by atoms with van der Waals surface area (Å²) in [6.45, 7) is 2.06. The Labute approximate surface area is 72.2 Å². The zero-order valence-corrected chi connectivity index (χ0v) is 7.27. The molecule has 0 radical (unpaired) electrons. The van der Waals surface area contributed by atoms with E-state index in [2.05, 4.69) is 12.2 Å². The van der Waals surface area contributed by atoms with Crippen LogP contribution in [0.3, 0.4) is 0 Å². The fourth-order valence-electron chi connectivity index (χ4n) is 1.52. The van der Waals surface area contributed by atoms with Crippen LogP contribution in [-0.2, 0) is 0 Å². The van der Waals surface area contributed by atoms with Gasteiger partial charge in [0.15, 0.2) is 0 Å². The molecule has 4 N–H and O–H groups in total. The number of aliphatic hydroxyl groups is 3. The van der Waals surface area contributed by atoms with Gasteiger partial charge in [-0.3, -0.25) is 5.32 Å². The van der Waals surface area contributed by atoms with Crippen LogP contribution in [0.2, 0.25) is 0 Å². The molecule has 1 rings (SSSR count). The van der Waals surface area contributed by atoms with E-state index in [1.807, 2.05) is 0 Å². The van der Waals surface area contributed by atoms with Crippen molar-refractivity contribution in [2.45, 2.75) is 50.7 Å². The molecule has 0 saturated carbocycles. The number of hydrogen-bond acceptors (Lipinski definition) is 4. The van der Waals surface area contributed by atoms with Crippen molar-refractivity contribution in [3.8, 4) is 0 Å². The Morgan fingerprint density at radius 1 is 1.17 bits per heavy atom. The molecular formula is C8H17NO3. The first-order valence-electron chi connectivity index (χ1n) is 4.47. The van der Waals surface area contributed by atoms with Crippen LogP contribution in [0.1, 0.15) is 26.2 Å². The van der Waals surface area contributed by atoms with E-state index in [4.69, 9.17) is 5.11 Å². The van der Waals surface area contributed by atoms with E-state index in [-0.39, 0.29) is 6.04 Å². The van der Waals surface area contributed by atoms with E-state index in [1.54, 1.807) is 0 Å². The summed E-state index contributed by atoms with van der Waals surface area (Å²) in [5.74, 6) is 0. The van der Waals surface area contributed by atoms with Crippen LogP contribution in [0, 0.1) is 0 Å². The fourth-order valence-corrected chi connectivity index (χ4v) is 1.52. The standard InChI is InChI=1S/C8H17NO3/c1-2-3-4-5-6(10)7(11)8(12)9-5/h5-12H,2-4H2,1H3/t5-,6-,7+,8-/m0/s1. The molecule has 0 amide bonds. The molecule has 4 nitrogen and oxygen atoms in total.